The van der Waals surface area contributed by atoms with E-state index in [2.05, 4.69) is 17.0 Å². The van der Waals surface area contributed by atoms with E-state index in [1.54, 1.807) is 47.3 Å². The third-order valence-corrected chi connectivity index (χ3v) is 3.72. The molecule has 3 aromatic rings. The van der Waals surface area contributed by atoms with Gasteiger partial charge in [0.15, 0.2) is 0 Å². The molecule has 138 valence electrons. The van der Waals surface area contributed by atoms with Gasteiger partial charge in [-0.2, -0.15) is 5.10 Å². The van der Waals surface area contributed by atoms with Crippen molar-refractivity contribution in [2.45, 2.75) is 6.54 Å². The molecule has 2 aromatic carbocycles. The van der Waals surface area contributed by atoms with Crippen molar-refractivity contribution in [3.8, 4) is 11.5 Å². The number of hydrogen-bond acceptors (Lipinski definition) is 4. The Hall–Kier alpha value is -3.54. The summed E-state index contributed by atoms with van der Waals surface area (Å²) in [6.07, 6.45) is 5.28. The molecule has 1 aromatic heterocycles. The standard InChI is InChI=1S/C21H21N3O3/c1-2-14-26-19-9-7-17(8-10-19)21(25)23-18-5-3-6-20(16-18)27-15-13-24-12-4-11-22-24/h2-12,16H,1,13-15H2,(H,23,25). The van der Waals surface area contributed by atoms with Gasteiger partial charge in [0.25, 0.3) is 5.91 Å². The van der Waals surface area contributed by atoms with Crippen LogP contribution in [0.2, 0.25) is 0 Å². The largest absolute Gasteiger partial charge is 0.492 e. The molecule has 27 heavy (non-hydrogen) atoms. The average Bonchev–Trinajstić information content (AvgIpc) is 3.20. The molecule has 0 spiro atoms. The SMILES string of the molecule is C=CCOc1ccc(C(=O)Nc2cccc(OCCn3cccn3)c2)cc1. The van der Waals surface area contributed by atoms with Crippen molar-refractivity contribution < 1.29 is 14.3 Å². The second kappa shape index (κ2) is 9.24. The summed E-state index contributed by atoms with van der Waals surface area (Å²) in [5.41, 5.74) is 1.22. The van der Waals surface area contributed by atoms with E-state index in [-0.39, 0.29) is 5.91 Å². The first-order chi connectivity index (χ1) is 13.2. The maximum atomic E-state index is 12.4. The third-order valence-electron chi connectivity index (χ3n) is 3.72. The van der Waals surface area contributed by atoms with Crippen LogP contribution in [-0.4, -0.2) is 28.9 Å². The van der Waals surface area contributed by atoms with Gasteiger partial charge < -0.3 is 14.8 Å². The smallest absolute Gasteiger partial charge is 0.255 e. The zero-order valence-electron chi connectivity index (χ0n) is 14.9. The van der Waals surface area contributed by atoms with E-state index < -0.39 is 0 Å². The molecule has 1 N–H and O–H groups in total. The summed E-state index contributed by atoms with van der Waals surface area (Å²) >= 11 is 0. The highest BCUT2D eigenvalue weighted by atomic mass is 16.5. The van der Waals surface area contributed by atoms with Crippen LogP contribution in [-0.2, 0) is 6.54 Å². The Labute approximate surface area is 158 Å². The summed E-state index contributed by atoms with van der Waals surface area (Å²) < 4.78 is 12.9. The van der Waals surface area contributed by atoms with E-state index >= 15 is 0 Å². The summed E-state index contributed by atoms with van der Waals surface area (Å²) in [6, 6.07) is 16.1. The van der Waals surface area contributed by atoms with E-state index in [0.29, 0.717) is 42.5 Å². The maximum absolute atomic E-state index is 12.4. The summed E-state index contributed by atoms with van der Waals surface area (Å²) in [5.74, 6) is 1.19. The number of amides is 1. The van der Waals surface area contributed by atoms with Gasteiger partial charge in [-0.05, 0) is 42.5 Å². The first kappa shape index (κ1) is 18.3. The van der Waals surface area contributed by atoms with E-state index in [1.165, 1.54) is 0 Å². The highest BCUT2D eigenvalue weighted by Crippen LogP contribution is 2.19. The predicted octanol–water partition coefficient (Wildman–Crippen LogP) is 3.78. The van der Waals surface area contributed by atoms with Gasteiger partial charge in [0.05, 0.1) is 6.54 Å². The lowest BCUT2D eigenvalue weighted by molar-refractivity contribution is 0.102. The summed E-state index contributed by atoms with van der Waals surface area (Å²) in [6.45, 7) is 5.18. The second-order valence-corrected chi connectivity index (χ2v) is 5.72. The Morgan fingerprint density at radius 1 is 1.11 bits per heavy atom. The van der Waals surface area contributed by atoms with Crippen LogP contribution in [0.3, 0.4) is 0 Å². The van der Waals surface area contributed by atoms with Gasteiger partial charge in [-0.1, -0.05) is 18.7 Å². The van der Waals surface area contributed by atoms with Gasteiger partial charge in [0.1, 0.15) is 24.7 Å². The molecule has 0 aliphatic rings. The Balaban J connectivity index is 1.55. The number of nitrogens with zero attached hydrogens (tertiary/aromatic N) is 2. The molecule has 0 atom stereocenters. The molecular formula is C21H21N3O3. The Bertz CT molecular complexity index is 874. The van der Waals surface area contributed by atoms with Crippen LogP contribution in [0.15, 0.2) is 79.6 Å². The molecule has 0 aliphatic carbocycles. The Morgan fingerprint density at radius 2 is 1.96 bits per heavy atom. The van der Waals surface area contributed by atoms with Crippen LogP contribution in [0.1, 0.15) is 10.4 Å². The molecule has 6 heteroatoms. The van der Waals surface area contributed by atoms with Crippen molar-refractivity contribution in [2.24, 2.45) is 0 Å². The topological polar surface area (TPSA) is 65.4 Å². The van der Waals surface area contributed by atoms with E-state index in [0.717, 1.165) is 0 Å². The van der Waals surface area contributed by atoms with Crippen LogP contribution >= 0.6 is 0 Å². The number of hydrogen-bond donors (Lipinski definition) is 1. The van der Waals surface area contributed by atoms with Crippen LogP contribution in [0.4, 0.5) is 5.69 Å². The first-order valence-electron chi connectivity index (χ1n) is 8.60. The van der Waals surface area contributed by atoms with Crippen molar-refractivity contribution >= 4 is 11.6 Å². The molecule has 1 amide bonds. The highest BCUT2D eigenvalue weighted by Gasteiger charge is 2.07. The molecule has 6 nitrogen and oxygen atoms in total. The van der Waals surface area contributed by atoms with Crippen LogP contribution in [0.5, 0.6) is 11.5 Å². The lowest BCUT2D eigenvalue weighted by atomic mass is 10.2. The van der Waals surface area contributed by atoms with Gasteiger partial charge in [-0.25, -0.2) is 0 Å². The van der Waals surface area contributed by atoms with E-state index in [1.807, 2.05) is 30.5 Å². The molecule has 0 radical (unpaired) electrons. The predicted molar refractivity (Wildman–Crippen MR) is 104 cm³/mol. The number of rotatable bonds is 9. The van der Waals surface area contributed by atoms with Gasteiger partial charge >= 0.3 is 0 Å². The first-order valence-corrected chi connectivity index (χ1v) is 8.60. The molecule has 0 aliphatic heterocycles. The highest BCUT2D eigenvalue weighted by molar-refractivity contribution is 6.04. The normalized spacial score (nSPS) is 10.2. The van der Waals surface area contributed by atoms with Crippen LogP contribution in [0.25, 0.3) is 0 Å². The number of anilines is 1. The summed E-state index contributed by atoms with van der Waals surface area (Å²) in [5, 5.41) is 7.00. The van der Waals surface area contributed by atoms with Gasteiger partial charge in [-0.15, -0.1) is 0 Å². The monoisotopic (exact) mass is 363 g/mol. The summed E-state index contributed by atoms with van der Waals surface area (Å²) in [4.78, 5) is 12.4. The van der Waals surface area contributed by atoms with Gasteiger partial charge in [0.2, 0.25) is 0 Å². The zero-order valence-corrected chi connectivity index (χ0v) is 14.9. The number of carbonyl (C=O) groups is 1. The number of carbonyl (C=O) groups excluding carboxylic acids is 1. The number of nitrogens with one attached hydrogen (secondary N) is 1. The van der Waals surface area contributed by atoms with Crippen molar-refractivity contribution in [1.29, 1.82) is 0 Å². The molecule has 0 saturated carbocycles. The van der Waals surface area contributed by atoms with Crippen molar-refractivity contribution in [1.82, 2.24) is 9.78 Å². The van der Waals surface area contributed by atoms with Crippen molar-refractivity contribution in [2.75, 3.05) is 18.5 Å². The van der Waals surface area contributed by atoms with Gasteiger partial charge in [-0.3, -0.25) is 9.48 Å². The van der Waals surface area contributed by atoms with Crippen molar-refractivity contribution in [3.05, 3.63) is 85.2 Å². The van der Waals surface area contributed by atoms with Crippen LogP contribution in [0, 0.1) is 0 Å². The fraction of sp³-hybridized carbons (Fsp3) is 0.143. The van der Waals surface area contributed by atoms with E-state index in [9.17, 15) is 4.79 Å². The number of benzene rings is 2. The maximum Gasteiger partial charge on any atom is 0.255 e. The second-order valence-electron chi connectivity index (χ2n) is 5.72. The minimum absolute atomic E-state index is 0.195. The fourth-order valence-electron chi connectivity index (χ4n) is 2.41. The molecule has 0 bridgehead atoms. The zero-order chi connectivity index (χ0) is 18.9. The minimum Gasteiger partial charge on any atom is -0.492 e. The van der Waals surface area contributed by atoms with Gasteiger partial charge in [0, 0.05) is 29.7 Å². The summed E-state index contributed by atoms with van der Waals surface area (Å²) in [7, 11) is 0. The number of ether oxygens (including phenoxy) is 2. The van der Waals surface area contributed by atoms with Crippen LogP contribution < -0.4 is 14.8 Å². The Morgan fingerprint density at radius 3 is 2.70 bits per heavy atom. The minimum atomic E-state index is -0.195. The molecule has 0 unspecified atom stereocenters. The third kappa shape index (κ3) is 5.47. The lowest BCUT2D eigenvalue weighted by Crippen LogP contribution is -2.12. The molecule has 0 fully saturated rings. The fourth-order valence-corrected chi connectivity index (χ4v) is 2.41. The molecule has 1 heterocycles. The Kier molecular flexibility index (Phi) is 6.25. The lowest BCUT2D eigenvalue weighted by Gasteiger charge is -2.10. The molecule has 3 rings (SSSR count). The van der Waals surface area contributed by atoms with Crippen molar-refractivity contribution in [3.63, 3.8) is 0 Å². The average molecular weight is 363 g/mol. The molecule has 0 saturated heterocycles. The van der Waals surface area contributed by atoms with E-state index in [4.69, 9.17) is 9.47 Å². The quantitative estimate of drug-likeness (QED) is 0.588. The number of aromatic nitrogens is 2. The molecular weight excluding hydrogens is 342 g/mol.